The fourth-order valence-electron chi connectivity index (χ4n) is 4.49. The third kappa shape index (κ3) is 5.17. The molecule has 0 aliphatic carbocycles. The van der Waals surface area contributed by atoms with Crippen LogP contribution in [0.1, 0.15) is 18.4 Å². The maximum Gasteiger partial charge on any atom is 0.292 e. The van der Waals surface area contributed by atoms with E-state index in [2.05, 4.69) is 4.90 Å². The van der Waals surface area contributed by atoms with Crippen molar-refractivity contribution in [2.75, 3.05) is 44.2 Å². The molecule has 0 spiro atoms. The average molecular weight is 443 g/mol. The van der Waals surface area contributed by atoms with E-state index in [1.165, 1.54) is 11.6 Å². The lowest BCUT2D eigenvalue weighted by Gasteiger charge is -2.39. The summed E-state index contributed by atoms with van der Waals surface area (Å²) in [5.74, 6) is 0.232. The second-order valence-corrected chi connectivity index (χ2v) is 8.67. The molecule has 0 saturated carbocycles. The second kappa shape index (κ2) is 9.66. The molecule has 7 nitrogen and oxygen atoms in total. The topological polar surface area (TPSA) is 69.9 Å². The number of benzene rings is 2. The zero-order chi connectivity index (χ0) is 21.8. The van der Waals surface area contributed by atoms with Crippen LogP contribution in [0.2, 0.25) is 5.02 Å². The number of hydrogen-bond donors (Lipinski definition) is 0. The molecular weight excluding hydrogens is 416 g/mol. The Labute approximate surface area is 187 Å². The van der Waals surface area contributed by atoms with Crippen LogP contribution in [0.5, 0.6) is 0 Å². The molecule has 0 radical (unpaired) electrons. The van der Waals surface area contributed by atoms with Gasteiger partial charge in [0.05, 0.1) is 4.92 Å². The highest BCUT2D eigenvalue weighted by Gasteiger charge is 2.32. The van der Waals surface area contributed by atoms with Crippen molar-refractivity contribution < 1.29 is 9.72 Å². The van der Waals surface area contributed by atoms with Crippen LogP contribution in [0.15, 0.2) is 48.5 Å². The highest BCUT2D eigenvalue weighted by molar-refractivity contribution is 6.30. The minimum absolute atomic E-state index is 0.00170. The van der Waals surface area contributed by atoms with Gasteiger partial charge in [0.2, 0.25) is 5.91 Å². The van der Waals surface area contributed by atoms with Gasteiger partial charge in [0, 0.05) is 62.8 Å². The van der Waals surface area contributed by atoms with Gasteiger partial charge in [0.1, 0.15) is 5.69 Å². The summed E-state index contributed by atoms with van der Waals surface area (Å²) in [7, 11) is 0. The zero-order valence-electron chi connectivity index (χ0n) is 17.5. The molecule has 0 N–H and O–H groups in total. The summed E-state index contributed by atoms with van der Waals surface area (Å²) in [4.78, 5) is 30.4. The molecule has 2 aromatic carbocycles. The van der Waals surface area contributed by atoms with Crippen LogP contribution in [0.3, 0.4) is 0 Å². The molecule has 2 heterocycles. The third-order valence-corrected chi connectivity index (χ3v) is 6.52. The van der Waals surface area contributed by atoms with Gasteiger partial charge in [-0.05, 0) is 36.6 Å². The van der Waals surface area contributed by atoms with Crippen LogP contribution in [-0.2, 0) is 11.3 Å². The molecule has 8 heteroatoms. The number of piperazine rings is 1. The van der Waals surface area contributed by atoms with Gasteiger partial charge >= 0.3 is 0 Å². The minimum Gasteiger partial charge on any atom is -0.366 e. The van der Waals surface area contributed by atoms with E-state index >= 15 is 0 Å². The van der Waals surface area contributed by atoms with Crippen LogP contribution in [0.25, 0.3) is 0 Å². The molecule has 2 fully saturated rings. The summed E-state index contributed by atoms with van der Waals surface area (Å²) >= 11 is 5.96. The number of nitro benzene ring substituents is 1. The first-order valence-electron chi connectivity index (χ1n) is 10.8. The number of anilines is 1. The maximum atomic E-state index is 13.0. The van der Waals surface area contributed by atoms with E-state index in [-0.39, 0.29) is 22.4 Å². The van der Waals surface area contributed by atoms with Crippen LogP contribution in [-0.4, -0.2) is 59.9 Å². The van der Waals surface area contributed by atoms with Crippen LogP contribution < -0.4 is 4.90 Å². The molecule has 0 unspecified atom stereocenters. The van der Waals surface area contributed by atoms with E-state index in [4.69, 9.17) is 11.6 Å². The number of halogens is 1. The number of rotatable bonds is 5. The monoisotopic (exact) mass is 442 g/mol. The Bertz CT molecular complexity index is 921. The Morgan fingerprint density at radius 2 is 1.61 bits per heavy atom. The van der Waals surface area contributed by atoms with Crippen LogP contribution in [0.4, 0.5) is 11.4 Å². The van der Waals surface area contributed by atoms with Crippen molar-refractivity contribution in [1.82, 2.24) is 9.80 Å². The van der Waals surface area contributed by atoms with E-state index in [0.717, 1.165) is 50.6 Å². The quantitative estimate of drug-likeness (QED) is 0.520. The largest absolute Gasteiger partial charge is 0.366 e. The van der Waals surface area contributed by atoms with Crippen molar-refractivity contribution in [3.63, 3.8) is 0 Å². The van der Waals surface area contributed by atoms with Gasteiger partial charge in [-0.3, -0.25) is 19.8 Å². The van der Waals surface area contributed by atoms with E-state index < -0.39 is 0 Å². The Morgan fingerprint density at radius 3 is 2.26 bits per heavy atom. The summed E-state index contributed by atoms with van der Waals surface area (Å²) in [5.41, 5.74) is 2.00. The number of piperidine rings is 1. The molecule has 4 rings (SSSR count). The Hall–Kier alpha value is -2.64. The average Bonchev–Trinajstić information content (AvgIpc) is 2.81. The minimum atomic E-state index is -0.337. The second-order valence-electron chi connectivity index (χ2n) is 8.24. The van der Waals surface area contributed by atoms with E-state index in [1.54, 1.807) is 12.1 Å². The molecule has 1 amide bonds. The molecule has 2 aliphatic heterocycles. The number of amides is 1. The maximum absolute atomic E-state index is 13.0. The molecule has 0 atom stereocenters. The third-order valence-electron chi connectivity index (χ3n) is 6.27. The summed E-state index contributed by atoms with van der Waals surface area (Å²) in [6.07, 6.45) is 1.46. The highest BCUT2D eigenvalue weighted by Crippen LogP contribution is 2.31. The van der Waals surface area contributed by atoms with Crippen molar-refractivity contribution in [3.8, 4) is 0 Å². The van der Waals surface area contributed by atoms with Gasteiger partial charge in [-0.2, -0.15) is 0 Å². The van der Waals surface area contributed by atoms with Gasteiger partial charge < -0.3 is 9.80 Å². The first kappa shape index (κ1) is 21.6. The van der Waals surface area contributed by atoms with Crippen molar-refractivity contribution in [3.05, 3.63) is 69.2 Å². The molecular formula is C23H27ClN4O3. The van der Waals surface area contributed by atoms with Crippen LogP contribution in [0, 0.1) is 16.0 Å². The SMILES string of the molecule is O=C(C1CCN(c2ccccc2[N+](=O)[O-])CC1)N1CCN(Cc2ccc(Cl)cc2)CC1. The number of nitrogens with zero attached hydrogens (tertiary/aromatic N) is 4. The van der Waals surface area contributed by atoms with Crippen molar-refractivity contribution >= 4 is 28.9 Å². The van der Waals surface area contributed by atoms with Gasteiger partial charge in [-0.15, -0.1) is 0 Å². The number of carbonyl (C=O) groups excluding carboxylic acids is 1. The first-order chi connectivity index (χ1) is 15.0. The number of nitro groups is 1. The highest BCUT2D eigenvalue weighted by atomic mass is 35.5. The van der Waals surface area contributed by atoms with Gasteiger partial charge in [-0.25, -0.2) is 0 Å². The molecule has 2 aromatic rings. The Balaban J connectivity index is 1.27. The number of para-hydroxylation sites is 2. The fourth-order valence-corrected chi connectivity index (χ4v) is 4.61. The molecule has 0 aromatic heterocycles. The van der Waals surface area contributed by atoms with Crippen molar-refractivity contribution in [2.24, 2.45) is 5.92 Å². The predicted octanol–water partition coefficient (Wildman–Crippen LogP) is 3.81. The summed E-state index contributed by atoms with van der Waals surface area (Å²) < 4.78 is 0. The summed E-state index contributed by atoms with van der Waals surface area (Å²) in [6, 6.07) is 14.7. The van der Waals surface area contributed by atoms with Gasteiger partial charge in [-0.1, -0.05) is 35.9 Å². The Kier molecular flexibility index (Phi) is 6.73. The van der Waals surface area contributed by atoms with Crippen molar-refractivity contribution in [1.29, 1.82) is 0 Å². The Morgan fingerprint density at radius 1 is 0.968 bits per heavy atom. The van der Waals surface area contributed by atoms with Gasteiger partial charge in [0.15, 0.2) is 0 Å². The van der Waals surface area contributed by atoms with E-state index in [0.29, 0.717) is 18.8 Å². The lowest BCUT2D eigenvalue weighted by atomic mass is 9.94. The molecule has 164 valence electrons. The van der Waals surface area contributed by atoms with Crippen LogP contribution >= 0.6 is 11.6 Å². The normalized spacial score (nSPS) is 18.2. The van der Waals surface area contributed by atoms with E-state index in [9.17, 15) is 14.9 Å². The fraction of sp³-hybridized carbons (Fsp3) is 0.435. The number of hydrogen-bond acceptors (Lipinski definition) is 5. The predicted molar refractivity (Wildman–Crippen MR) is 121 cm³/mol. The van der Waals surface area contributed by atoms with Crippen molar-refractivity contribution in [2.45, 2.75) is 19.4 Å². The van der Waals surface area contributed by atoms with E-state index in [1.807, 2.05) is 40.1 Å². The molecule has 31 heavy (non-hydrogen) atoms. The lowest BCUT2D eigenvalue weighted by Crippen LogP contribution is -2.51. The molecule has 0 bridgehead atoms. The standard InChI is InChI=1S/C23H27ClN4O3/c24-20-7-5-18(6-8-20)17-25-13-15-27(16-14-25)23(29)19-9-11-26(12-10-19)21-3-1-2-4-22(21)28(30)31/h1-8,19H,9-17H2. The molecule has 2 saturated heterocycles. The number of carbonyl (C=O) groups is 1. The lowest BCUT2D eigenvalue weighted by molar-refractivity contribution is -0.384. The van der Waals surface area contributed by atoms with Gasteiger partial charge in [0.25, 0.3) is 5.69 Å². The smallest absolute Gasteiger partial charge is 0.292 e. The molecule has 2 aliphatic rings. The summed E-state index contributed by atoms with van der Waals surface area (Å²) in [6.45, 7) is 5.42. The zero-order valence-corrected chi connectivity index (χ0v) is 18.2. The summed E-state index contributed by atoms with van der Waals surface area (Å²) in [5, 5.41) is 12.1. The first-order valence-corrected chi connectivity index (χ1v) is 11.1.